The zero-order valence-corrected chi connectivity index (χ0v) is 12.1. The van der Waals surface area contributed by atoms with E-state index in [2.05, 4.69) is 29.2 Å². The molecule has 0 spiro atoms. The van der Waals surface area contributed by atoms with Gasteiger partial charge in [0, 0.05) is 22.9 Å². The topological polar surface area (TPSA) is 12.0 Å². The Hall–Kier alpha value is -0.180. The van der Waals surface area contributed by atoms with E-state index in [1.54, 1.807) is 0 Å². The molecular formula is C15H20ClNS. The molecule has 1 atom stereocenters. The van der Waals surface area contributed by atoms with Gasteiger partial charge in [-0.05, 0) is 49.0 Å². The molecule has 0 bridgehead atoms. The van der Waals surface area contributed by atoms with Gasteiger partial charge >= 0.3 is 0 Å². The van der Waals surface area contributed by atoms with E-state index in [9.17, 15) is 0 Å². The van der Waals surface area contributed by atoms with Gasteiger partial charge in [-0.2, -0.15) is 11.8 Å². The average molecular weight is 282 g/mol. The van der Waals surface area contributed by atoms with Crippen molar-refractivity contribution in [2.45, 2.75) is 43.7 Å². The highest BCUT2D eigenvalue weighted by atomic mass is 35.5. The van der Waals surface area contributed by atoms with Crippen LogP contribution in [0.4, 0.5) is 0 Å². The third-order valence-electron chi connectivity index (χ3n) is 4.11. The maximum atomic E-state index is 6.25. The number of nitrogens with one attached hydrogen (secondary N) is 1. The quantitative estimate of drug-likeness (QED) is 0.896. The van der Waals surface area contributed by atoms with Gasteiger partial charge in [0.05, 0.1) is 0 Å². The van der Waals surface area contributed by atoms with Crippen LogP contribution >= 0.6 is 23.4 Å². The summed E-state index contributed by atoms with van der Waals surface area (Å²) in [6.07, 6.45) is 5.25. The molecule has 1 aromatic rings. The lowest BCUT2D eigenvalue weighted by molar-refractivity contribution is 0.265. The Morgan fingerprint density at radius 1 is 1.17 bits per heavy atom. The normalized spacial score (nSPS) is 31.9. The second-order valence-electron chi connectivity index (χ2n) is 5.47. The molecule has 18 heavy (non-hydrogen) atoms. The highest BCUT2D eigenvalue weighted by Crippen LogP contribution is 2.40. The Balaban J connectivity index is 1.49. The van der Waals surface area contributed by atoms with Crippen molar-refractivity contribution >= 4 is 23.4 Å². The Morgan fingerprint density at radius 2 is 2.00 bits per heavy atom. The molecule has 1 aliphatic heterocycles. The minimum absolute atomic E-state index is 0.674. The molecule has 1 unspecified atom stereocenters. The van der Waals surface area contributed by atoms with Crippen molar-refractivity contribution in [1.29, 1.82) is 0 Å². The van der Waals surface area contributed by atoms with Crippen LogP contribution in [0, 0.1) is 0 Å². The number of thioether (sulfide) groups is 1. The first-order valence-corrected chi connectivity index (χ1v) is 8.44. The standard InChI is InChI=1S/C15H20ClNS/c16-15-6-2-1-5-14(15)11-8-13(9-11)17-12-4-3-7-18-10-12/h1-2,5-6,11-13,17H,3-4,7-10H2. The van der Waals surface area contributed by atoms with Crippen LogP contribution in [-0.2, 0) is 0 Å². The van der Waals surface area contributed by atoms with Gasteiger partial charge in [0.1, 0.15) is 0 Å². The first-order valence-electron chi connectivity index (χ1n) is 6.91. The molecular weight excluding hydrogens is 262 g/mol. The van der Waals surface area contributed by atoms with Crippen molar-refractivity contribution in [2.75, 3.05) is 11.5 Å². The minimum Gasteiger partial charge on any atom is -0.310 e. The maximum absolute atomic E-state index is 6.25. The Bertz CT molecular complexity index is 397. The lowest BCUT2D eigenvalue weighted by atomic mass is 9.75. The number of rotatable bonds is 3. The van der Waals surface area contributed by atoms with Crippen LogP contribution in [0.1, 0.15) is 37.2 Å². The summed E-state index contributed by atoms with van der Waals surface area (Å²) in [5, 5.41) is 4.75. The SMILES string of the molecule is Clc1ccccc1C1CC(NC2CCCSC2)C1. The maximum Gasteiger partial charge on any atom is 0.0440 e. The van der Waals surface area contributed by atoms with Gasteiger partial charge in [-0.25, -0.2) is 0 Å². The fourth-order valence-electron chi connectivity index (χ4n) is 3.02. The Labute approximate surface area is 119 Å². The van der Waals surface area contributed by atoms with Gasteiger partial charge < -0.3 is 5.32 Å². The Morgan fingerprint density at radius 3 is 2.72 bits per heavy atom. The predicted octanol–water partition coefficient (Wildman–Crippen LogP) is 4.07. The van der Waals surface area contributed by atoms with E-state index in [1.807, 2.05) is 12.1 Å². The summed E-state index contributed by atoms with van der Waals surface area (Å²) in [5.74, 6) is 3.32. The van der Waals surface area contributed by atoms with Crippen molar-refractivity contribution in [3.8, 4) is 0 Å². The molecule has 0 radical (unpaired) electrons. The molecule has 2 fully saturated rings. The first-order chi connectivity index (χ1) is 8.83. The molecule has 0 aromatic heterocycles. The lowest BCUT2D eigenvalue weighted by Gasteiger charge is -2.39. The molecule has 1 N–H and O–H groups in total. The van der Waals surface area contributed by atoms with Crippen molar-refractivity contribution in [3.63, 3.8) is 0 Å². The van der Waals surface area contributed by atoms with Gasteiger partial charge in [0.15, 0.2) is 0 Å². The Kier molecular flexibility index (Phi) is 4.17. The molecule has 3 rings (SSSR count). The second-order valence-corrected chi connectivity index (χ2v) is 7.02. The van der Waals surface area contributed by atoms with Crippen LogP contribution in [0.5, 0.6) is 0 Å². The van der Waals surface area contributed by atoms with Gasteiger partial charge in [0.2, 0.25) is 0 Å². The van der Waals surface area contributed by atoms with E-state index in [0.717, 1.165) is 17.1 Å². The van der Waals surface area contributed by atoms with Gasteiger partial charge in [0.25, 0.3) is 0 Å². The summed E-state index contributed by atoms with van der Waals surface area (Å²) >= 11 is 8.34. The summed E-state index contributed by atoms with van der Waals surface area (Å²) in [7, 11) is 0. The third-order valence-corrected chi connectivity index (χ3v) is 5.67. The van der Waals surface area contributed by atoms with E-state index < -0.39 is 0 Å². The smallest absolute Gasteiger partial charge is 0.0440 e. The van der Waals surface area contributed by atoms with Crippen LogP contribution in [0.25, 0.3) is 0 Å². The largest absolute Gasteiger partial charge is 0.310 e. The highest BCUT2D eigenvalue weighted by Gasteiger charge is 2.32. The number of hydrogen-bond donors (Lipinski definition) is 1. The number of halogens is 1. The molecule has 98 valence electrons. The van der Waals surface area contributed by atoms with E-state index in [4.69, 9.17) is 11.6 Å². The number of hydrogen-bond acceptors (Lipinski definition) is 2. The average Bonchev–Trinajstić information content (AvgIpc) is 2.36. The molecule has 2 aliphatic rings. The van der Waals surface area contributed by atoms with Crippen LogP contribution in [0.15, 0.2) is 24.3 Å². The summed E-state index contributed by atoms with van der Waals surface area (Å²) in [4.78, 5) is 0. The molecule has 1 aromatic carbocycles. The molecule has 1 heterocycles. The van der Waals surface area contributed by atoms with Crippen molar-refractivity contribution in [3.05, 3.63) is 34.9 Å². The minimum atomic E-state index is 0.674. The van der Waals surface area contributed by atoms with Crippen molar-refractivity contribution < 1.29 is 0 Å². The highest BCUT2D eigenvalue weighted by molar-refractivity contribution is 7.99. The van der Waals surface area contributed by atoms with E-state index in [1.165, 1.54) is 42.8 Å². The summed E-state index contributed by atoms with van der Waals surface area (Å²) in [6.45, 7) is 0. The molecule has 1 saturated carbocycles. The van der Waals surface area contributed by atoms with Crippen LogP contribution < -0.4 is 5.32 Å². The zero-order chi connectivity index (χ0) is 12.4. The summed E-state index contributed by atoms with van der Waals surface area (Å²) in [5.41, 5.74) is 1.34. The number of benzene rings is 1. The van der Waals surface area contributed by atoms with E-state index in [-0.39, 0.29) is 0 Å². The molecule has 1 saturated heterocycles. The van der Waals surface area contributed by atoms with Crippen molar-refractivity contribution in [2.24, 2.45) is 0 Å². The zero-order valence-electron chi connectivity index (χ0n) is 10.6. The monoisotopic (exact) mass is 281 g/mol. The molecule has 1 aliphatic carbocycles. The van der Waals surface area contributed by atoms with Gasteiger partial charge in [-0.15, -0.1) is 0 Å². The van der Waals surface area contributed by atoms with Crippen molar-refractivity contribution in [1.82, 2.24) is 5.32 Å². The predicted molar refractivity (Wildman–Crippen MR) is 80.7 cm³/mol. The second kappa shape index (κ2) is 5.85. The van der Waals surface area contributed by atoms with Crippen LogP contribution in [-0.4, -0.2) is 23.6 Å². The lowest BCUT2D eigenvalue weighted by Crippen LogP contribution is -2.47. The molecule has 0 amide bonds. The van der Waals surface area contributed by atoms with E-state index in [0.29, 0.717) is 5.92 Å². The molecule has 3 heteroatoms. The fourth-order valence-corrected chi connectivity index (χ4v) is 4.39. The van der Waals surface area contributed by atoms with Gasteiger partial charge in [-0.3, -0.25) is 0 Å². The van der Waals surface area contributed by atoms with Crippen LogP contribution in [0.3, 0.4) is 0 Å². The summed E-state index contributed by atoms with van der Waals surface area (Å²) < 4.78 is 0. The van der Waals surface area contributed by atoms with Crippen LogP contribution in [0.2, 0.25) is 5.02 Å². The summed E-state index contributed by atoms with van der Waals surface area (Å²) in [6, 6.07) is 9.77. The molecule has 1 nitrogen and oxygen atoms in total. The van der Waals surface area contributed by atoms with E-state index >= 15 is 0 Å². The first kappa shape index (κ1) is 12.8. The fraction of sp³-hybridized carbons (Fsp3) is 0.600. The third kappa shape index (κ3) is 2.87. The van der Waals surface area contributed by atoms with Gasteiger partial charge in [-0.1, -0.05) is 29.8 Å².